The lowest BCUT2D eigenvalue weighted by Crippen LogP contribution is -2.15. The fraction of sp³-hybridized carbons (Fsp3) is 0.118. The van der Waals surface area contributed by atoms with Crippen molar-refractivity contribution in [3.8, 4) is 0 Å². The highest BCUT2D eigenvalue weighted by atomic mass is 79.9. The van der Waals surface area contributed by atoms with Crippen molar-refractivity contribution < 1.29 is 23.5 Å². The molecule has 0 atom stereocenters. The van der Waals surface area contributed by atoms with Crippen LogP contribution < -0.4 is 5.32 Å². The molecule has 122 valence electrons. The highest BCUT2D eigenvalue weighted by Crippen LogP contribution is 2.24. The quantitative estimate of drug-likeness (QED) is 0.641. The molecule has 0 unspecified atom stereocenters. The first-order chi connectivity index (χ1) is 11.4. The maximum absolute atomic E-state index is 13.0. The number of benzene rings is 2. The number of ketones is 1. The van der Waals surface area contributed by atoms with Crippen molar-refractivity contribution in [2.75, 3.05) is 11.9 Å². The summed E-state index contributed by atoms with van der Waals surface area (Å²) in [5, 5.41) is 2.67. The van der Waals surface area contributed by atoms with Gasteiger partial charge in [0.05, 0.1) is 12.0 Å². The first-order valence-electron chi connectivity index (χ1n) is 7.02. The number of carbonyl (C=O) groups excluding carboxylic acids is 3. The Balaban J connectivity index is 1.66. The molecule has 0 saturated carbocycles. The lowest BCUT2D eigenvalue weighted by Gasteiger charge is -2.07. The Morgan fingerprint density at radius 2 is 2.00 bits per heavy atom. The number of Topliss-reactive ketones (excluding diaryl/α,β-unsaturated/α-hetero) is 1. The normalized spacial score (nSPS) is 12.5. The Morgan fingerprint density at radius 3 is 2.75 bits per heavy atom. The fourth-order valence-electron chi connectivity index (χ4n) is 2.35. The van der Waals surface area contributed by atoms with Gasteiger partial charge in [0, 0.05) is 15.7 Å². The standard InChI is InChI=1S/C17H11BrFNO4/c18-13-7-11(19)2-3-12(13)17(23)24-8-15(21)9-1-4-14-10(5-9)6-16(22)20-14/h1-5,7H,6,8H2,(H,20,22). The summed E-state index contributed by atoms with van der Waals surface area (Å²) in [6, 6.07) is 8.37. The van der Waals surface area contributed by atoms with Crippen molar-refractivity contribution in [1.29, 1.82) is 0 Å². The minimum atomic E-state index is -0.728. The smallest absolute Gasteiger partial charge is 0.339 e. The Kier molecular flexibility index (Phi) is 4.44. The molecule has 1 aliphatic heterocycles. The summed E-state index contributed by atoms with van der Waals surface area (Å²) in [4.78, 5) is 35.4. The molecule has 3 rings (SSSR count). The molecule has 0 radical (unpaired) electrons. The zero-order valence-electron chi connectivity index (χ0n) is 12.3. The lowest BCUT2D eigenvalue weighted by atomic mass is 10.1. The van der Waals surface area contributed by atoms with Gasteiger partial charge >= 0.3 is 5.97 Å². The molecule has 0 aliphatic carbocycles. The molecule has 24 heavy (non-hydrogen) atoms. The highest BCUT2D eigenvalue weighted by Gasteiger charge is 2.20. The lowest BCUT2D eigenvalue weighted by molar-refractivity contribution is -0.115. The van der Waals surface area contributed by atoms with Crippen molar-refractivity contribution in [2.24, 2.45) is 0 Å². The highest BCUT2D eigenvalue weighted by molar-refractivity contribution is 9.10. The minimum absolute atomic E-state index is 0.123. The maximum atomic E-state index is 13.0. The van der Waals surface area contributed by atoms with E-state index in [1.165, 1.54) is 6.07 Å². The van der Waals surface area contributed by atoms with Crippen LogP contribution in [0.2, 0.25) is 0 Å². The summed E-state index contributed by atoms with van der Waals surface area (Å²) in [5.74, 6) is -1.73. The first kappa shape index (κ1) is 16.3. The monoisotopic (exact) mass is 391 g/mol. The van der Waals surface area contributed by atoms with Crippen LogP contribution in [0.5, 0.6) is 0 Å². The third-order valence-corrected chi connectivity index (χ3v) is 4.19. The molecule has 0 bridgehead atoms. The van der Waals surface area contributed by atoms with Gasteiger partial charge in [-0.3, -0.25) is 9.59 Å². The number of amides is 1. The third kappa shape index (κ3) is 3.35. The van der Waals surface area contributed by atoms with Crippen LogP contribution in [-0.4, -0.2) is 24.3 Å². The van der Waals surface area contributed by atoms with Crippen LogP contribution in [0.3, 0.4) is 0 Å². The van der Waals surface area contributed by atoms with Crippen molar-refractivity contribution in [3.63, 3.8) is 0 Å². The average Bonchev–Trinajstić information content (AvgIpc) is 2.91. The molecule has 1 amide bonds. The first-order valence-corrected chi connectivity index (χ1v) is 7.81. The number of hydrogen-bond donors (Lipinski definition) is 1. The minimum Gasteiger partial charge on any atom is -0.454 e. The number of hydrogen-bond acceptors (Lipinski definition) is 4. The van der Waals surface area contributed by atoms with Crippen LogP contribution >= 0.6 is 15.9 Å². The number of rotatable bonds is 4. The van der Waals surface area contributed by atoms with E-state index in [9.17, 15) is 18.8 Å². The zero-order valence-corrected chi connectivity index (χ0v) is 13.9. The summed E-state index contributed by atoms with van der Waals surface area (Å²) in [6.07, 6.45) is 0.221. The van der Waals surface area contributed by atoms with Crippen LogP contribution in [0.15, 0.2) is 40.9 Å². The van der Waals surface area contributed by atoms with E-state index in [4.69, 9.17) is 4.74 Å². The molecule has 7 heteroatoms. The van der Waals surface area contributed by atoms with Crippen molar-refractivity contribution in [1.82, 2.24) is 0 Å². The molecule has 2 aromatic rings. The average molecular weight is 392 g/mol. The van der Waals surface area contributed by atoms with Crippen LogP contribution in [0.4, 0.5) is 10.1 Å². The van der Waals surface area contributed by atoms with E-state index in [0.29, 0.717) is 11.3 Å². The molecule has 0 saturated heterocycles. The number of halogens is 2. The van der Waals surface area contributed by atoms with Crippen molar-refractivity contribution in [3.05, 3.63) is 63.4 Å². The van der Waals surface area contributed by atoms with Crippen LogP contribution in [-0.2, 0) is 16.0 Å². The summed E-state index contributed by atoms with van der Waals surface area (Å²) in [7, 11) is 0. The van der Waals surface area contributed by atoms with Crippen molar-refractivity contribution >= 4 is 39.3 Å². The van der Waals surface area contributed by atoms with Gasteiger partial charge < -0.3 is 10.1 Å². The second-order valence-corrected chi connectivity index (χ2v) is 6.07. The van der Waals surface area contributed by atoms with E-state index >= 15 is 0 Å². The number of ether oxygens (including phenoxy) is 1. The van der Waals surface area contributed by atoms with Gasteiger partial charge in [0.2, 0.25) is 5.91 Å². The van der Waals surface area contributed by atoms with Gasteiger partial charge in [0.1, 0.15) is 5.82 Å². The Hall–Kier alpha value is -2.54. The molecule has 0 fully saturated rings. The fourth-order valence-corrected chi connectivity index (χ4v) is 2.86. The van der Waals surface area contributed by atoms with Gasteiger partial charge in [0.25, 0.3) is 0 Å². The Bertz CT molecular complexity index is 866. The number of anilines is 1. The molecule has 0 aromatic heterocycles. The number of carbonyl (C=O) groups is 3. The predicted octanol–water partition coefficient (Wildman–Crippen LogP) is 3.12. The second-order valence-electron chi connectivity index (χ2n) is 5.22. The summed E-state index contributed by atoms with van der Waals surface area (Å²) < 4.78 is 18.3. The van der Waals surface area contributed by atoms with E-state index in [1.807, 2.05) is 0 Å². The van der Waals surface area contributed by atoms with Crippen LogP contribution in [0.1, 0.15) is 26.3 Å². The third-order valence-electron chi connectivity index (χ3n) is 3.54. The van der Waals surface area contributed by atoms with Gasteiger partial charge in [-0.15, -0.1) is 0 Å². The summed E-state index contributed by atoms with van der Waals surface area (Å²) in [5.41, 5.74) is 1.91. The van der Waals surface area contributed by atoms with Gasteiger partial charge in [-0.25, -0.2) is 9.18 Å². The van der Waals surface area contributed by atoms with Gasteiger partial charge in [-0.05, 0) is 57.9 Å². The molecule has 2 aromatic carbocycles. The Morgan fingerprint density at radius 1 is 1.21 bits per heavy atom. The second kappa shape index (κ2) is 6.52. The zero-order chi connectivity index (χ0) is 17.3. The number of fused-ring (bicyclic) bond motifs is 1. The van der Waals surface area contributed by atoms with E-state index in [0.717, 1.165) is 17.7 Å². The van der Waals surface area contributed by atoms with E-state index in [-0.39, 0.29) is 28.1 Å². The number of esters is 1. The molecular weight excluding hydrogens is 381 g/mol. The van der Waals surface area contributed by atoms with Gasteiger partial charge in [-0.2, -0.15) is 0 Å². The topological polar surface area (TPSA) is 72.5 Å². The van der Waals surface area contributed by atoms with E-state index in [2.05, 4.69) is 21.2 Å². The van der Waals surface area contributed by atoms with E-state index < -0.39 is 18.4 Å². The van der Waals surface area contributed by atoms with Crippen LogP contribution in [0.25, 0.3) is 0 Å². The van der Waals surface area contributed by atoms with Gasteiger partial charge in [-0.1, -0.05) is 0 Å². The molecule has 1 N–H and O–H groups in total. The number of nitrogens with one attached hydrogen (secondary N) is 1. The molecule has 1 aliphatic rings. The maximum Gasteiger partial charge on any atom is 0.339 e. The van der Waals surface area contributed by atoms with Crippen LogP contribution in [0, 0.1) is 5.82 Å². The molecular formula is C17H11BrFNO4. The predicted molar refractivity (Wildman–Crippen MR) is 87.5 cm³/mol. The molecule has 1 heterocycles. The summed E-state index contributed by atoms with van der Waals surface area (Å²) >= 11 is 3.07. The van der Waals surface area contributed by atoms with Crippen molar-refractivity contribution in [2.45, 2.75) is 6.42 Å². The van der Waals surface area contributed by atoms with Gasteiger partial charge in [0.15, 0.2) is 12.4 Å². The largest absolute Gasteiger partial charge is 0.454 e. The molecule has 0 spiro atoms. The SMILES string of the molecule is O=C1Cc2cc(C(=O)COC(=O)c3ccc(F)cc3Br)ccc2N1. The van der Waals surface area contributed by atoms with E-state index in [1.54, 1.807) is 18.2 Å². The molecule has 5 nitrogen and oxygen atoms in total. The summed E-state index contributed by atoms with van der Waals surface area (Å²) in [6.45, 7) is -0.442. The Labute approximate surface area is 144 Å².